The van der Waals surface area contributed by atoms with Gasteiger partial charge in [-0.1, -0.05) is 30.7 Å². The van der Waals surface area contributed by atoms with Crippen LogP contribution in [0.5, 0.6) is 11.5 Å². The van der Waals surface area contributed by atoms with Gasteiger partial charge in [0.2, 0.25) is 5.91 Å². The first-order valence-electron chi connectivity index (χ1n) is 14.9. The molecule has 4 atom stereocenters. The number of hydrogen-bond donors (Lipinski definition) is 5. The van der Waals surface area contributed by atoms with Crippen molar-refractivity contribution in [3.63, 3.8) is 0 Å². The highest BCUT2D eigenvalue weighted by Crippen LogP contribution is 2.64. The number of allylic oxidation sites excluding steroid dienone is 1. The average molecular weight is 596 g/mol. The molecular weight excluding hydrogens is 554 g/mol. The topological polar surface area (TPSA) is 139 Å². The predicted molar refractivity (Wildman–Crippen MR) is 158 cm³/mol. The molecule has 2 fully saturated rings. The van der Waals surface area contributed by atoms with E-state index < -0.39 is 32.9 Å². The molecule has 2 aromatic rings. The number of sulfonamides is 1. The van der Waals surface area contributed by atoms with Crippen molar-refractivity contribution in [3.8, 4) is 11.5 Å². The first kappa shape index (κ1) is 29.0. The summed E-state index contributed by atoms with van der Waals surface area (Å²) in [6, 6.07) is 9.21. The Morgan fingerprint density at radius 3 is 2.45 bits per heavy atom. The van der Waals surface area contributed by atoms with E-state index in [1.165, 1.54) is 18.2 Å². The molecule has 2 aromatic carbocycles. The molecule has 1 amide bonds. The number of piperidine rings is 1. The van der Waals surface area contributed by atoms with Crippen molar-refractivity contribution in [2.75, 3.05) is 13.1 Å². The number of benzene rings is 2. The molecule has 42 heavy (non-hydrogen) atoms. The van der Waals surface area contributed by atoms with Gasteiger partial charge < -0.3 is 20.6 Å². The molecule has 9 nitrogen and oxygen atoms in total. The first-order valence-corrected chi connectivity index (χ1v) is 16.4. The summed E-state index contributed by atoms with van der Waals surface area (Å²) in [4.78, 5) is 16.2. The van der Waals surface area contributed by atoms with E-state index in [9.17, 15) is 28.5 Å². The number of hydrogen-bond acceptors (Lipinski definition) is 7. The van der Waals surface area contributed by atoms with E-state index in [2.05, 4.69) is 14.9 Å². The summed E-state index contributed by atoms with van der Waals surface area (Å²) in [5.41, 5.74) is -0.0486. The van der Waals surface area contributed by atoms with Crippen LogP contribution in [0.15, 0.2) is 52.6 Å². The van der Waals surface area contributed by atoms with Crippen LogP contribution < -0.4 is 10.0 Å². The first-order chi connectivity index (χ1) is 19.8. The van der Waals surface area contributed by atoms with E-state index in [0.717, 1.165) is 30.5 Å². The Labute approximate surface area is 247 Å². The molecule has 0 unspecified atom stereocenters. The second-order valence-electron chi connectivity index (χ2n) is 13.1. The maximum atomic E-state index is 13.8. The smallest absolute Gasteiger partial charge is 0.261 e. The van der Waals surface area contributed by atoms with Crippen molar-refractivity contribution in [2.24, 2.45) is 11.8 Å². The molecule has 0 spiro atoms. The highest BCUT2D eigenvalue weighted by Gasteiger charge is 2.69. The van der Waals surface area contributed by atoms with Gasteiger partial charge in [-0.3, -0.25) is 14.4 Å². The molecule has 3 aliphatic carbocycles. The van der Waals surface area contributed by atoms with E-state index in [-0.39, 0.29) is 46.2 Å². The fraction of sp³-hybridized carbons (Fsp3) is 0.531. The minimum Gasteiger partial charge on any atom is -0.504 e. The van der Waals surface area contributed by atoms with Gasteiger partial charge in [0.15, 0.2) is 11.5 Å². The lowest BCUT2D eigenvalue weighted by molar-refractivity contribution is -0.167. The Kier molecular flexibility index (Phi) is 6.90. The minimum atomic E-state index is -4.10. The molecular formula is C32H41N3O6S. The minimum absolute atomic E-state index is 0.0661. The Bertz CT molecular complexity index is 1570. The van der Waals surface area contributed by atoms with Gasteiger partial charge in [0.25, 0.3) is 10.0 Å². The zero-order valence-electron chi connectivity index (χ0n) is 24.6. The van der Waals surface area contributed by atoms with Crippen LogP contribution >= 0.6 is 0 Å². The van der Waals surface area contributed by atoms with Gasteiger partial charge in [0, 0.05) is 53.2 Å². The summed E-state index contributed by atoms with van der Waals surface area (Å²) in [5.74, 6) is -1.15. The van der Waals surface area contributed by atoms with Crippen molar-refractivity contribution in [1.29, 1.82) is 0 Å². The molecule has 1 saturated heterocycles. The standard InChI is InChI=1S/C32H41N3O6S/c1-18(2)33-30(38)24-16-32(39)26-15-22-9-12-25(36)29(37)27(22)31(32,13-14-35(26)17-21-7-8-21)20(4)28(24)34-42(40,41)23-10-5-19(3)6-11-23/h5-6,9-12,18,20-21,26,34,36-37,39H,7-8,13-17H2,1-4H3,(H,33,38)/t20-,26+,31+,32+/m0/s1. The number of likely N-dealkylation sites (tertiary alicyclic amines) is 1. The SMILES string of the molecule is Cc1ccc(S(=O)(=O)NC2=C(C(=O)NC(C)C)C[C@@]3(O)[C@H]4Cc5ccc(O)c(O)c5[C@@]3(CCN4CC3CC3)[C@H]2C)cc1. The van der Waals surface area contributed by atoms with E-state index in [4.69, 9.17) is 0 Å². The van der Waals surface area contributed by atoms with Crippen LogP contribution in [0.1, 0.15) is 63.1 Å². The lowest BCUT2D eigenvalue weighted by atomic mass is 9.46. The van der Waals surface area contributed by atoms with Crippen LogP contribution in [0.25, 0.3) is 0 Å². The molecule has 226 valence electrons. The monoisotopic (exact) mass is 595 g/mol. The fourth-order valence-electron chi connectivity index (χ4n) is 7.86. The quantitative estimate of drug-likeness (QED) is 0.310. The molecule has 10 heteroatoms. The van der Waals surface area contributed by atoms with Crippen LogP contribution in [-0.4, -0.2) is 65.3 Å². The Balaban J connectivity index is 1.56. The molecule has 1 aliphatic heterocycles. The zero-order valence-corrected chi connectivity index (χ0v) is 25.5. The van der Waals surface area contributed by atoms with Crippen molar-refractivity contribution in [3.05, 3.63) is 64.4 Å². The molecule has 1 heterocycles. The van der Waals surface area contributed by atoms with Gasteiger partial charge >= 0.3 is 0 Å². The third kappa shape index (κ3) is 4.41. The number of carbonyl (C=O) groups excluding carboxylic acids is 1. The van der Waals surface area contributed by atoms with E-state index in [1.54, 1.807) is 18.2 Å². The van der Waals surface area contributed by atoms with Crippen LogP contribution in [0, 0.1) is 18.8 Å². The van der Waals surface area contributed by atoms with Gasteiger partial charge in [0.1, 0.15) is 0 Å². The molecule has 5 N–H and O–H groups in total. The summed E-state index contributed by atoms with van der Waals surface area (Å²) in [7, 11) is -4.10. The number of phenolic OH excluding ortho intramolecular Hbond substituents is 2. The van der Waals surface area contributed by atoms with E-state index in [1.807, 2.05) is 27.7 Å². The van der Waals surface area contributed by atoms with Crippen molar-refractivity contribution < 1.29 is 28.5 Å². The van der Waals surface area contributed by atoms with Gasteiger partial charge in [-0.25, -0.2) is 8.42 Å². The number of nitrogens with zero attached hydrogens (tertiary/aromatic N) is 1. The Hall–Kier alpha value is -3.08. The maximum Gasteiger partial charge on any atom is 0.261 e. The number of rotatable bonds is 7. The molecule has 0 aromatic heterocycles. The van der Waals surface area contributed by atoms with Crippen molar-refractivity contribution >= 4 is 15.9 Å². The number of fused-ring (bicyclic) bond motifs is 1. The highest BCUT2D eigenvalue weighted by molar-refractivity contribution is 7.89. The van der Waals surface area contributed by atoms with Crippen LogP contribution in [0.4, 0.5) is 0 Å². The van der Waals surface area contributed by atoms with Gasteiger partial charge in [-0.05, 0) is 82.7 Å². The second-order valence-corrected chi connectivity index (χ2v) is 14.8. The lowest BCUT2D eigenvalue weighted by Crippen LogP contribution is -2.75. The normalized spacial score (nSPS) is 29.2. The number of carbonyl (C=O) groups is 1. The van der Waals surface area contributed by atoms with Crippen LogP contribution in [-0.2, 0) is 26.7 Å². The number of aromatic hydroxyl groups is 2. The molecule has 0 radical (unpaired) electrons. The van der Waals surface area contributed by atoms with E-state index in [0.29, 0.717) is 30.9 Å². The van der Waals surface area contributed by atoms with Crippen molar-refractivity contribution in [1.82, 2.24) is 14.9 Å². The van der Waals surface area contributed by atoms with Crippen molar-refractivity contribution in [2.45, 2.75) is 87.8 Å². The zero-order chi connectivity index (χ0) is 30.2. The Morgan fingerprint density at radius 2 is 1.81 bits per heavy atom. The third-order valence-electron chi connectivity index (χ3n) is 10.1. The van der Waals surface area contributed by atoms with Gasteiger partial charge in [-0.2, -0.15) is 0 Å². The predicted octanol–water partition coefficient (Wildman–Crippen LogP) is 3.21. The maximum absolute atomic E-state index is 13.8. The van der Waals surface area contributed by atoms with Crippen LogP contribution in [0.3, 0.4) is 0 Å². The third-order valence-corrected chi connectivity index (χ3v) is 11.4. The molecule has 6 rings (SSSR count). The highest BCUT2D eigenvalue weighted by atomic mass is 32.2. The molecule has 2 bridgehead atoms. The summed E-state index contributed by atoms with van der Waals surface area (Å²) >= 11 is 0. The summed E-state index contributed by atoms with van der Waals surface area (Å²) in [5, 5.41) is 37.9. The van der Waals surface area contributed by atoms with Crippen LogP contribution in [0.2, 0.25) is 0 Å². The number of aliphatic hydroxyl groups is 1. The number of aryl methyl sites for hydroxylation is 1. The average Bonchev–Trinajstić information content (AvgIpc) is 3.73. The van der Waals surface area contributed by atoms with Gasteiger partial charge in [0.05, 0.1) is 10.5 Å². The lowest BCUT2D eigenvalue weighted by Gasteiger charge is -2.66. The fourth-order valence-corrected chi connectivity index (χ4v) is 9.06. The van der Waals surface area contributed by atoms with E-state index >= 15 is 0 Å². The number of amides is 1. The van der Waals surface area contributed by atoms with Gasteiger partial charge in [-0.15, -0.1) is 0 Å². The second kappa shape index (κ2) is 9.99. The summed E-state index contributed by atoms with van der Waals surface area (Å²) in [6.07, 6.45) is 3.09. The molecule has 1 saturated carbocycles. The number of nitrogens with one attached hydrogen (secondary N) is 2. The summed E-state index contributed by atoms with van der Waals surface area (Å²) < 4.78 is 30.3. The number of phenols is 2. The summed E-state index contributed by atoms with van der Waals surface area (Å²) in [6.45, 7) is 8.86. The molecule has 4 aliphatic rings. The Morgan fingerprint density at radius 1 is 1.12 bits per heavy atom. The largest absolute Gasteiger partial charge is 0.504 e.